The van der Waals surface area contributed by atoms with Gasteiger partial charge in [-0.15, -0.1) is 0 Å². The van der Waals surface area contributed by atoms with Crippen LogP contribution >= 0.6 is 0 Å². The molecule has 1 atom stereocenters. The van der Waals surface area contributed by atoms with Crippen LogP contribution in [0.5, 0.6) is 0 Å². The minimum Gasteiger partial charge on any atom is -0.338 e. The Hall–Kier alpha value is -2.29. The number of hydrogen-bond acceptors (Lipinski definition) is 1. The predicted octanol–water partition coefficient (Wildman–Crippen LogP) is 3.93. The summed E-state index contributed by atoms with van der Waals surface area (Å²) < 4.78 is 0. The molecule has 0 spiro atoms. The number of urea groups is 1. The Labute approximate surface area is 132 Å². The maximum atomic E-state index is 12.1. The van der Waals surface area contributed by atoms with E-state index in [0.717, 1.165) is 12.0 Å². The number of rotatable bonds is 6. The van der Waals surface area contributed by atoms with Crippen LogP contribution in [-0.2, 0) is 6.42 Å². The first kappa shape index (κ1) is 16.1. The number of carbonyl (C=O) groups excluding carboxylic acids is 1. The van der Waals surface area contributed by atoms with Crippen molar-refractivity contribution >= 4 is 6.03 Å². The zero-order valence-electron chi connectivity index (χ0n) is 13.3. The van der Waals surface area contributed by atoms with Crippen LogP contribution in [-0.4, -0.2) is 12.6 Å². The van der Waals surface area contributed by atoms with Crippen LogP contribution in [0.4, 0.5) is 4.79 Å². The Kier molecular flexibility index (Phi) is 6.01. The van der Waals surface area contributed by atoms with Gasteiger partial charge in [-0.2, -0.15) is 0 Å². The fraction of sp³-hybridized carbons (Fsp3) is 0.316. The first-order valence-corrected chi connectivity index (χ1v) is 7.78. The largest absolute Gasteiger partial charge is 0.338 e. The molecule has 0 bridgehead atoms. The number of benzene rings is 2. The average Bonchev–Trinajstić information content (AvgIpc) is 2.54. The lowest BCUT2D eigenvalue weighted by Crippen LogP contribution is -2.40. The van der Waals surface area contributed by atoms with Crippen molar-refractivity contribution in [3.05, 3.63) is 71.8 Å². The summed E-state index contributed by atoms with van der Waals surface area (Å²) in [5.41, 5.74) is 2.33. The number of amides is 2. The SMILES string of the molecule is CC(C)CNC(=O)NC(Cc1ccccc1)c1ccccc1. The summed E-state index contributed by atoms with van der Waals surface area (Å²) in [5.74, 6) is 0.440. The van der Waals surface area contributed by atoms with Gasteiger partial charge in [0.15, 0.2) is 0 Å². The van der Waals surface area contributed by atoms with E-state index < -0.39 is 0 Å². The number of carbonyl (C=O) groups is 1. The van der Waals surface area contributed by atoms with Gasteiger partial charge < -0.3 is 10.6 Å². The van der Waals surface area contributed by atoms with Crippen molar-refractivity contribution < 1.29 is 4.79 Å². The molecule has 2 aromatic rings. The highest BCUT2D eigenvalue weighted by Crippen LogP contribution is 2.18. The fourth-order valence-corrected chi connectivity index (χ4v) is 2.29. The van der Waals surface area contributed by atoms with Crippen LogP contribution in [0.3, 0.4) is 0 Å². The lowest BCUT2D eigenvalue weighted by atomic mass is 9.99. The third-order valence-corrected chi connectivity index (χ3v) is 3.46. The van der Waals surface area contributed by atoms with Gasteiger partial charge in [-0.05, 0) is 23.5 Å². The maximum absolute atomic E-state index is 12.1. The molecule has 0 aromatic heterocycles. The molecule has 0 saturated heterocycles. The van der Waals surface area contributed by atoms with Gasteiger partial charge in [0.25, 0.3) is 0 Å². The molecule has 1 unspecified atom stereocenters. The second-order valence-corrected chi connectivity index (χ2v) is 5.90. The molecule has 0 aliphatic carbocycles. The van der Waals surface area contributed by atoms with Gasteiger partial charge in [0.1, 0.15) is 0 Å². The zero-order valence-corrected chi connectivity index (χ0v) is 13.3. The summed E-state index contributed by atoms with van der Waals surface area (Å²) in [6.45, 7) is 4.84. The second kappa shape index (κ2) is 8.23. The average molecular weight is 296 g/mol. The smallest absolute Gasteiger partial charge is 0.315 e. The van der Waals surface area contributed by atoms with Crippen molar-refractivity contribution in [3.8, 4) is 0 Å². The third-order valence-electron chi connectivity index (χ3n) is 3.46. The highest BCUT2D eigenvalue weighted by atomic mass is 16.2. The van der Waals surface area contributed by atoms with E-state index in [-0.39, 0.29) is 12.1 Å². The van der Waals surface area contributed by atoms with Crippen LogP contribution in [0.15, 0.2) is 60.7 Å². The minimum atomic E-state index is -0.113. The van der Waals surface area contributed by atoms with Gasteiger partial charge in [0.2, 0.25) is 0 Å². The molecule has 3 heteroatoms. The van der Waals surface area contributed by atoms with Crippen molar-refractivity contribution in [2.75, 3.05) is 6.54 Å². The van der Waals surface area contributed by atoms with E-state index >= 15 is 0 Å². The molecular weight excluding hydrogens is 272 g/mol. The molecule has 0 saturated carbocycles. The van der Waals surface area contributed by atoms with Crippen molar-refractivity contribution in [3.63, 3.8) is 0 Å². The van der Waals surface area contributed by atoms with Crippen LogP contribution in [0.1, 0.15) is 31.0 Å². The van der Waals surface area contributed by atoms with Gasteiger partial charge in [-0.1, -0.05) is 74.5 Å². The topological polar surface area (TPSA) is 41.1 Å². The fourth-order valence-electron chi connectivity index (χ4n) is 2.29. The first-order valence-electron chi connectivity index (χ1n) is 7.78. The molecule has 3 nitrogen and oxygen atoms in total. The Balaban J connectivity index is 2.07. The highest BCUT2D eigenvalue weighted by molar-refractivity contribution is 5.74. The molecule has 0 heterocycles. The maximum Gasteiger partial charge on any atom is 0.315 e. The predicted molar refractivity (Wildman–Crippen MR) is 90.7 cm³/mol. The number of hydrogen-bond donors (Lipinski definition) is 2. The molecule has 0 aliphatic heterocycles. The summed E-state index contributed by atoms with van der Waals surface area (Å²) in [4.78, 5) is 12.1. The van der Waals surface area contributed by atoms with Gasteiger partial charge in [0, 0.05) is 6.54 Å². The molecule has 22 heavy (non-hydrogen) atoms. The standard InChI is InChI=1S/C19H24N2O/c1-15(2)14-20-19(22)21-18(17-11-7-4-8-12-17)13-16-9-5-3-6-10-16/h3-12,15,18H,13-14H2,1-2H3,(H2,20,21,22). The Morgan fingerprint density at radius 2 is 1.55 bits per heavy atom. The molecule has 116 valence electrons. The summed E-state index contributed by atoms with van der Waals surface area (Å²) in [6.07, 6.45) is 0.778. The van der Waals surface area contributed by atoms with E-state index in [2.05, 4.69) is 48.7 Å². The van der Waals surface area contributed by atoms with Crippen molar-refractivity contribution in [1.82, 2.24) is 10.6 Å². The summed E-state index contributed by atoms with van der Waals surface area (Å²) in [5, 5.41) is 6.01. The minimum absolute atomic E-state index is 0.0317. The first-order chi connectivity index (χ1) is 10.6. The van der Waals surface area contributed by atoms with Crippen LogP contribution < -0.4 is 10.6 Å². The second-order valence-electron chi connectivity index (χ2n) is 5.90. The lowest BCUT2D eigenvalue weighted by molar-refractivity contribution is 0.235. The highest BCUT2D eigenvalue weighted by Gasteiger charge is 2.15. The molecule has 0 fully saturated rings. The quantitative estimate of drug-likeness (QED) is 0.833. The normalized spacial score (nSPS) is 12.0. The van der Waals surface area contributed by atoms with Crippen LogP contribution in [0, 0.1) is 5.92 Å². The van der Waals surface area contributed by atoms with Crippen LogP contribution in [0.25, 0.3) is 0 Å². The molecule has 2 N–H and O–H groups in total. The summed E-state index contributed by atoms with van der Waals surface area (Å²) >= 11 is 0. The van der Waals surface area contributed by atoms with E-state index in [1.54, 1.807) is 0 Å². The lowest BCUT2D eigenvalue weighted by Gasteiger charge is -2.20. The van der Waals surface area contributed by atoms with E-state index in [0.29, 0.717) is 12.5 Å². The zero-order chi connectivity index (χ0) is 15.8. The van der Waals surface area contributed by atoms with E-state index in [9.17, 15) is 4.79 Å². The Bertz CT molecular complexity index is 567. The molecule has 0 radical (unpaired) electrons. The Morgan fingerprint density at radius 3 is 2.14 bits per heavy atom. The van der Waals surface area contributed by atoms with E-state index in [4.69, 9.17) is 0 Å². The third kappa shape index (κ3) is 5.24. The van der Waals surface area contributed by atoms with Gasteiger partial charge in [-0.3, -0.25) is 0 Å². The number of nitrogens with one attached hydrogen (secondary N) is 2. The molecule has 2 aromatic carbocycles. The van der Waals surface area contributed by atoms with Gasteiger partial charge >= 0.3 is 6.03 Å². The van der Waals surface area contributed by atoms with Crippen molar-refractivity contribution in [2.24, 2.45) is 5.92 Å². The van der Waals surface area contributed by atoms with Gasteiger partial charge in [-0.25, -0.2) is 4.79 Å². The van der Waals surface area contributed by atoms with E-state index in [1.807, 2.05) is 36.4 Å². The monoisotopic (exact) mass is 296 g/mol. The summed E-state index contributed by atoms with van der Waals surface area (Å²) in [7, 11) is 0. The molecular formula is C19H24N2O. The molecule has 0 aliphatic rings. The summed E-state index contributed by atoms with van der Waals surface area (Å²) in [6, 6.07) is 20.2. The van der Waals surface area contributed by atoms with Crippen molar-refractivity contribution in [2.45, 2.75) is 26.3 Å². The molecule has 2 amide bonds. The van der Waals surface area contributed by atoms with Crippen LogP contribution in [0.2, 0.25) is 0 Å². The van der Waals surface area contributed by atoms with E-state index in [1.165, 1.54) is 5.56 Å². The Morgan fingerprint density at radius 1 is 0.955 bits per heavy atom. The molecule has 2 rings (SSSR count). The van der Waals surface area contributed by atoms with Gasteiger partial charge in [0.05, 0.1) is 6.04 Å². The van der Waals surface area contributed by atoms with Crippen molar-refractivity contribution in [1.29, 1.82) is 0 Å².